The Morgan fingerprint density at radius 3 is 2.11 bits per heavy atom. The van der Waals surface area contributed by atoms with Gasteiger partial charge in [0.2, 0.25) is 0 Å². The van der Waals surface area contributed by atoms with Gasteiger partial charge in [0.15, 0.2) is 0 Å². The molecule has 56 valence electrons. The van der Waals surface area contributed by atoms with Gasteiger partial charge in [-0.15, -0.1) is 0 Å². The van der Waals surface area contributed by atoms with Crippen LogP contribution < -0.4 is 0 Å². The van der Waals surface area contributed by atoms with Crippen LogP contribution >= 0.6 is 15.9 Å². The lowest BCUT2D eigenvalue weighted by atomic mass is 9.92. The molecule has 0 aromatic carbocycles. The highest BCUT2D eigenvalue weighted by Gasteiger charge is 2.07. The van der Waals surface area contributed by atoms with Gasteiger partial charge in [-0.05, 0) is 18.3 Å². The molecule has 9 heavy (non-hydrogen) atoms. The number of hydrogen-bond acceptors (Lipinski definition) is 0. The minimum atomic E-state index is 0.884. The molecule has 0 rings (SSSR count). The quantitative estimate of drug-likeness (QED) is 0.600. The third kappa shape index (κ3) is 3.96. The summed E-state index contributed by atoms with van der Waals surface area (Å²) in [5.74, 6) is 1.77. The molecule has 0 saturated carbocycles. The van der Waals surface area contributed by atoms with Crippen LogP contribution in [0.2, 0.25) is 0 Å². The Bertz CT molecular complexity index is 61.6. The van der Waals surface area contributed by atoms with E-state index in [2.05, 4.69) is 36.7 Å². The Labute approximate surface area is 67.2 Å². The van der Waals surface area contributed by atoms with Gasteiger partial charge in [-0.25, -0.2) is 0 Å². The van der Waals surface area contributed by atoms with Crippen LogP contribution in [0.15, 0.2) is 0 Å². The van der Waals surface area contributed by atoms with E-state index in [0.29, 0.717) is 0 Å². The zero-order valence-corrected chi connectivity index (χ0v) is 8.24. The molecule has 0 nitrogen and oxygen atoms in total. The van der Waals surface area contributed by atoms with Crippen molar-refractivity contribution in [3.05, 3.63) is 0 Å². The first-order chi connectivity index (χ1) is 4.22. The SMILES string of the molecule is CC[C@H](C)[C@H](C)CCBr. The summed E-state index contributed by atoms with van der Waals surface area (Å²) in [6.45, 7) is 6.91. The highest BCUT2D eigenvalue weighted by Crippen LogP contribution is 2.18. The van der Waals surface area contributed by atoms with Crippen molar-refractivity contribution in [1.29, 1.82) is 0 Å². The highest BCUT2D eigenvalue weighted by molar-refractivity contribution is 9.09. The van der Waals surface area contributed by atoms with E-state index in [9.17, 15) is 0 Å². The monoisotopic (exact) mass is 192 g/mol. The molecule has 0 heterocycles. The molecule has 2 atom stereocenters. The van der Waals surface area contributed by atoms with Gasteiger partial charge in [-0.3, -0.25) is 0 Å². The predicted octanol–water partition coefficient (Wildman–Crippen LogP) is 3.45. The second-order valence-electron chi connectivity index (χ2n) is 2.84. The van der Waals surface area contributed by atoms with Gasteiger partial charge in [0.25, 0.3) is 0 Å². The molecule has 0 saturated heterocycles. The lowest BCUT2D eigenvalue weighted by Gasteiger charge is -2.16. The summed E-state index contributed by atoms with van der Waals surface area (Å²) in [6, 6.07) is 0. The molecule has 0 N–H and O–H groups in total. The van der Waals surface area contributed by atoms with Gasteiger partial charge < -0.3 is 0 Å². The predicted molar refractivity (Wildman–Crippen MR) is 47.0 cm³/mol. The maximum atomic E-state index is 3.45. The van der Waals surface area contributed by atoms with Crippen molar-refractivity contribution in [3.63, 3.8) is 0 Å². The summed E-state index contributed by atoms with van der Waals surface area (Å²) in [5.41, 5.74) is 0. The molecule has 0 amide bonds. The second kappa shape index (κ2) is 5.28. The minimum Gasteiger partial charge on any atom is -0.0928 e. The fraction of sp³-hybridized carbons (Fsp3) is 1.00. The van der Waals surface area contributed by atoms with Crippen molar-refractivity contribution in [1.82, 2.24) is 0 Å². The molecule has 0 spiro atoms. The molecule has 0 aliphatic rings. The van der Waals surface area contributed by atoms with Crippen LogP contribution in [0.25, 0.3) is 0 Å². The molecule has 1 heteroatoms. The molecule has 0 unspecified atom stereocenters. The van der Waals surface area contributed by atoms with E-state index in [1.54, 1.807) is 0 Å². The lowest BCUT2D eigenvalue weighted by molar-refractivity contribution is 0.370. The van der Waals surface area contributed by atoms with E-state index in [-0.39, 0.29) is 0 Å². The van der Waals surface area contributed by atoms with E-state index < -0.39 is 0 Å². The molecule has 0 aliphatic carbocycles. The Hall–Kier alpha value is 0.480. The topological polar surface area (TPSA) is 0 Å². The molecular formula is C8H17Br. The van der Waals surface area contributed by atoms with Crippen molar-refractivity contribution in [2.75, 3.05) is 5.33 Å². The van der Waals surface area contributed by atoms with Gasteiger partial charge in [-0.1, -0.05) is 43.1 Å². The molecule has 0 aliphatic heterocycles. The largest absolute Gasteiger partial charge is 0.0928 e. The van der Waals surface area contributed by atoms with E-state index >= 15 is 0 Å². The normalized spacial score (nSPS) is 17.3. The second-order valence-corrected chi connectivity index (χ2v) is 3.63. The molecular weight excluding hydrogens is 176 g/mol. The summed E-state index contributed by atoms with van der Waals surface area (Å²) in [4.78, 5) is 0. The van der Waals surface area contributed by atoms with Crippen molar-refractivity contribution in [2.24, 2.45) is 11.8 Å². The first kappa shape index (κ1) is 9.48. The third-order valence-electron chi connectivity index (χ3n) is 2.18. The summed E-state index contributed by atoms with van der Waals surface area (Å²) in [7, 11) is 0. The average molecular weight is 193 g/mol. The van der Waals surface area contributed by atoms with Crippen LogP contribution in [0.3, 0.4) is 0 Å². The van der Waals surface area contributed by atoms with Gasteiger partial charge >= 0.3 is 0 Å². The fourth-order valence-corrected chi connectivity index (χ4v) is 1.58. The van der Waals surface area contributed by atoms with Gasteiger partial charge in [0, 0.05) is 5.33 Å². The maximum absolute atomic E-state index is 3.45. The Morgan fingerprint density at radius 2 is 1.78 bits per heavy atom. The lowest BCUT2D eigenvalue weighted by Crippen LogP contribution is -2.06. The summed E-state index contributed by atoms with van der Waals surface area (Å²) in [5, 5.41) is 1.15. The van der Waals surface area contributed by atoms with Crippen LogP contribution in [-0.4, -0.2) is 5.33 Å². The van der Waals surface area contributed by atoms with E-state index in [0.717, 1.165) is 17.2 Å². The van der Waals surface area contributed by atoms with Crippen molar-refractivity contribution in [2.45, 2.75) is 33.6 Å². The number of halogens is 1. The maximum Gasteiger partial charge on any atom is 0.00339 e. The van der Waals surface area contributed by atoms with Crippen molar-refractivity contribution >= 4 is 15.9 Å². The Kier molecular flexibility index (Phi) is 5.56. The summed E-state index contributed by atoms with van der Waals surface area (Å²) in [6.07, 6.45) is 2.63. The Morgan fingerprint density at radius 1 is 1.22 bits per heavy atom. The zero-order valence-electron chi connectivity index (χ0n) is 6.65. The standard InChI is InChI=1S/C8H17Br/c1-4-7(2)8(3)5-6-9/h7-8H,4-6H2,1-3H3/t7-,8+/m0/s1. The average Bonchev–Trinajstić information content (AvgIpc) is 1.87. The molecule has 0 fully saturated rings. The number of rotatable bonds is 4. The highest BCUT2D eigenvalue weighted by atomic mass is 79.9. The summed E-state index contributed by atoms with van der Waals surface area (Å²) < 4.78 is 0. The number of alkyl halides is 1. The van der Waals surface area contributed by atoms with Crippen molar-refractivity contribution in [3.8, 4) is 0 Å². The van der Waals surface area contributed by atoms with Crippen LogP contribution in [0.1, 0.15) is 33.6 Å². The first-order valence-corrected chi connectivity index (χ1v) is 4.90. The van der Waals surface area contributed by atoms with Crippen LogP contribution in [0, 0.1) is 11.8 Å². The van der Waals surface area contributed by atoms with Crippen molar-refractivity contribution < 1.29 is 0 Å². The smallest absolute Gasteiger partial charge is 0.00339 e. The third-order valence-corrected chi connectivity index (χ3v) is 2.64. The molecule has 0 aromatic heterocycles. The van der Waals surface area contributed by atoms with Gasteiger partial charge in [0.05, 0.1) is 0 Å². The van der Waals surface area contributed by atoms with Gasteiger partial charge in [0.1, 0.15) is 0 Å². The van der Waals surface area contributed by atoms with Crippen LogP contribution in [-0.2, 0) is 0 Å². The van der Waals surface area contributed by atoms with Crippen LogP contribution in [0.4, 0.5) is 0 Å². The van der Waals surface area contributed by atoms with E-state index in [1.807, 2.05) is 0 Å². The van der Waals surface area contributed by atoms with E-state index in [4.69, 9.17) is 0 Å². The summed E-state index contributed by atoms with van der Waals surface area (Å²) >= 11 is 3.45. The van der Waals surface area contributed by atoms with E-state index in [1.165, 1.54) is 12.8 Å². The number of hydrogen-bond donors (Lipinski definition) is 0. The first-order valence-electron chi connectivity index (χ1n) is 3.78. The Balaban J connectivity index is 3.32. The zero-order chi connectivity index (χ0) is 7.28. The van der Waals surface area contributed by atoms with Crippen LogP contribution in [0.5, 0.6) is 0 Å². The fourth-order valence-electron chi connectivity index (χ4n) is 0.859. The molecule has 0 aromatic rings. The minimum absolute atomic E-state index is 0.884. The van der Waals surface area contributed by atoms with Gasteiger partial charge in [-0.2, -0.15) is 0 Å². The molecule has 0 bridgehead atoms. The molecule has 0 radical (unpaired) electrons.